The van der Waals surface area contributed by atoms with E-state index >= 15 is 0 Å². The van der Waals surface area contributed by atoms with E-state index < -0.39 is 0 Å². The molecule has 1 aliphatic carbocycles. The minimum absolute atomic E-state index is 0.794. The van der Waals surface area contributed by atoms with E-state index in [-0.39, 0.29) is 0 Å². The highest BCUT2D eigenvalue weighted by atomic mass is 15.1. The molecule has 212 valence electrons. The van der Waals surface area contributed by atoms with Crippen molar-refractivity contribution in [3.63, 3.8) is 0 Å². The van der Waals surface area contributed by atoms with Gasteiger partial charge in [0, 0.05) is 17.9 Å². The van der Waals surface area contributed by atoms with Crippen LogP contribution in [-0.4, -0.2) is 6.54 Å². The van der Waals surface area contributed by atoms with Gasteiger partial charge in [0.15, 0.2) is 0 Å². The van der Waals surface area contributed by atoms with Gasteiger partial charge in [-0.15, -0.1) is 0 Å². The maximum absolute atomic E-state index is 4.15. The number of benzene rings is 3. The van der Waals surface area contributed by atoms with Crippen molar-refractivity contribution in [2.75, 3.05) is 11.4 Å². The Morgan fingerprint density at radius 3 is 1.85 bits per heavy atom. The Morgan fingerprint density at radius 2 is 1.36 bits per heavy atom. The third-order valence-electron chi connectivity index (χ3n) is 7.77. The van der Waals surface area contributed by atoms with E-state index in [1.807, 2.05) is 6.07 Å². The van der Waals surface area contributed by atoms with Crippen LogP contribution >= 0.6 is 0 Å². The molecule has 0 bridgehead atoms. The number of rotatable bonds is 9. The molecule has 1 fully saturated rings. The van der Waals surface area contributed by atoms with Gasteiger partial charge in [0.2, 0.25) is 0 Å². The summed E-state index contributed by atoms with van der Waals surface area (Å²) in [6, 6.07) is 26.4. The fraction of sp³-hybridized carbons (Fsp3) is 0.474. The maximum atomic E-state index is 4.15. The maximum Gasteiger partial charge on any atom is 0.0446 e. The van der Waals surface area contributed by atoms with Crippen molar-refractivity contribution in [1.82, 2.24) is 0 Å². The number of allylic oxidation sites excluding steroid dienone is 1. The van der Waals surface area contributed by atoms with E-state index in [2.05, 4.69) is 120 Å². The smallest absolute Gasteiger partial charge is 0.0446 e. The van der Waals surface area contributed by atoms with Gasteiger partial charge < -0.3 is 4.90 Å². The Hall–Kier alpha value is -2.80. The number of hydrogen-bond acceptors (Lipinski definition) is 1. The molecule has 0 saturated heterocycles. The number of aryl methyl sites for hydroxylation is 3. The molecule has 4 rings (SSSR count). The molecule has 0 aromatic heterocycles. The van der Waals surface area contributed by atoms with Crippen molar-refractivity contribution in [3.05, 3.63) is 102 Å². The predicted octanol–water partition coefficient (Wildman–Crippen LogP) is 11.8. The lowest BCUT2D eigenvalue weighted by atomic mass is 9.88. The summed E-state index contributed by atoms with van der Waals surface area (Å²) in [4.78, 5) is 2.55. The topological polar surface area (TPSA) is 3.24 Å². The normalized spacial score (nSPS) is 13.0. The van der Waals surface area contributed by atoms with Gasteiger partial charge in [-0.25, -0.2) is 0 Å². The van der Waals surface area contributed by atoms with Crippen LogP contribution < -0.4 is 4.90 Å². The van der Waals surface area contributed by atoms with Crippen LogP contribution in [0.3, 0.4) is 0 Å². The summed E-state index contributed by atoms with van der Waals surface area (Å²) >= 11 is 0. The van der Waals surface area contributed by atoms with Crippen LogP contribution in [0.15, 0.2) is 79.4 Å². The molecule has 0 spiro atoms. The molecule has 0 unspecified atom stereocenters. The third kappa shape index (κ3) is 11.5. The molecule has 0 heterocycles. The molecule has 0 atom stereocenters. The summed E-state index contributed by atoms with van der Waals surface area (Å²) < 4.78 is 0. The lowest BCUT2D eigenvalue weighted by Crippen LogP contribution is -2.27. The van der Waals surface area contributed by atoms with Gasteiger partial charge in [0.25, 0.3) is 0 Å². The number of hydrogen-bond donors (Lipinski definition) is 0. The lowest BCUT2D eigenvalue weighted by Gasteiger charge is -2.33. The summed E-state index contributed by atoms with van der Waals surface area (Å²) in [6.07, 6.45) is 13.2. The van der Waals surface area contributed by atoms with Crippen molar-refractivity contribution in [1.29, 1.82) is 0 Å². The first kappa shape index (κ1) is 32.4. The minimum Gasteiger partial charge on any atom is -0.341 e. The van der Waals surface area contributed by atoms with Crippen LogP contribution in [0.5, 0.6) is 0 Å². The van der Waals surface area contributed by atoms with Gasteiger partial charge in [-0.05, 0) is 85.9 Å². The fourth-order valence-corrected chi connectivity index (χ4v) is 5.12. The van der Waals surface area contributed by atoms with Gasteiger partial charge in [0.05, 0.1) is 0 Å². The zero-order valence-electron chi connectivity index (χ0n) is 25.9. The molecule has 0 amide bonds. The molecule has 3 aromatic carbocycles. The number of nitrogens with zero attached hydrogens (tertiary/aromatic N) is 1. The van der Waals surface area contributed by atoms with E-state index in [0.29, 0.717) is 0 Å². The average Bonchev–Trinajstić information content (AvgIpc) is 2.98. The van der Waals surface area contributed by atoms with E-state index in [9.17, 15) is 0 Å². The first-order valence-corrected chi connectivity index (χ1v) is 15.6. The summed E-state index contributed by atoms with van der Waals surface area (Å²) in [5.41, 5.74) is 9.17. The largest absolute Gasteiger partial charge is 0.341 e. The first-order chi connectivity index (χ1) is 18.9. The van der Waals surface area contributed by atoms with E-state index in [4.69, 9.17) is 0 Å². The monoisotopic (exact) mass is 525 g/mol. The predicted molar refractivity (Wildman–Crippen MR) is 176 cm³/mol. The molecular formula is C38H55N. The van der Waals surface area contributed by atoms with Crippen molar-refractivity contribution >= 4 is 16.9 Å². The average molecular weight is 526 g/mol. The van der Waals surface area contributed by atoms with Crippen molar-refractivity contribution in [3.8, 4) is 0 Å². The van der Waals surface area contributed by atoms with Crippen LogP contribution in [0.25, 0.3) is 5.57 Å². The van der Waals surface area contributed by atoms with Gasteiger partial charge in [-0.1, -0.05) is 133 Å². The second-order valence-corrected chi connectivity index (χ2v) is 11.1. The number of unbranched alkanes of at least 4 members (excludes halogenated alkanes) is 2. The Kier molecular flexibility index (Phi) is 15.4. The molecular weight excluding hydrogens is 470 g/mol. The van der Waals surface area contributed by atoms with E-state index in [1.54, 1.807) is 0 Å². The van der Waals surface area contributed by atoms with Crippen molar-refractivity contribution in [2.45, 2.75) is 106 Å². The molecule has 0 radical (unpaired) electrons. The van der Waals surface area contributed by atoms with E-state index in [1.165, 1.54) is 85.0 Å². The Balaban J connectivity index is 0.000000337. The molecule has 1 saturated carbocycles. The molecule has 39 heavy (non-hydrogen) atoms. The molecule has 1 heteroatoms. The van der Waals surface area contributed by atoms with Crippen molar-refractivity contribution < 1.29 is 0 Å². The van der Waals surface area contributed by atoms with E-state index in [0.717, 1.165) is 30.9 Å². The second kappa shape index (κ2) is 18.5. The summed E-state index contributed by atoms with van der Waals surface area (Å²) in [7, 11) is 0. The fourth-order valence-electron chi connectivity index (χ4n) is 5.12. The highest BCUT2D eigenvalue weighted by molar-refractivity contribution is 5.72. The second-order valence-electron chi connectivity index (χ2n) is 11.1. The van der Waals surface area contributed by atoms with Crippen molar-refractivity contribution in [2.24, 2.45) is 5.92 Å². The van der Waals surface area contributed by atoms with Crippen LogP contribution in [0.4, 0.5) is 11.4 Å². The molecule has 0 aliphatic heterocycles. The molecule has 3 aromatic rings. The van der Waals surface area contributed by atoms with Gasteiger partial charge in [-0.2, -0.15) is 0 Å². The highest BCUT2D eigenvalue weighted by Gasteiger charge is 2.20. The van der Waals surface area contributed by atoms with Crippen LogP contribution in [0, 0.1) is 12.8 Å². The summed E-state index contributed by atoms with van der Waals surface area (Å²) in [5, 5.41) is 0. The molecule has 1 nitrogen and oxygen atoms in total. The van der Waals surface area contributed by atoms with Gasteiger partial charge >= 0.3 is 0 Å². The zero-order chi connectivity index (χ0) is 28.5. The number of anilines is 2. The minimum atomic E-state index is 0.794. The molecule has 0 N–H and O–H groups in total. The first-order valence-electron chi connectivity index (χ1n) is 15.6. The van der Waals surface area contributed by atoms with Crippen LogP contribution in [0.2, 0.25) is 0 Å². The summed E-state index contributed by atoms with van der Waals surface area (Å²) in [5.74, 6) is 0.794. The Labute approximate surface area is 241 Å². The molecule has 1 aliphatic rings. The zero-order valence-corrected chi connectivity index (χ0v) is 25.9. The van der Waals surface area contributed by atoms with Gasteiger partial charge in [0.1, 0.15) is 0 Å². The SMILES string of the molecule is C=C(C)c1ccc(C)c(N(CC2CCCCC2)c2ccc(CC)cc2)c1.CCCCC.CCc1ccccc1. The Morgan fingerprint density at radius 1 is 0.769 bits per heavy atom. The van der Waals surface area contributed by atoms with Gasteiger partial charge in [-0.3, -0.25) is 0 Å². The third-order valence-corrected chi connectivity index (χ3v) is 7.77. The Bertz CT molecular complexity index is 1060. The van der Waals surface area contributed by atoms with Crippen LogP contribution in [0.1, 0.15) is 108 Å². The lowest BCUT2D eigenvalue weighted by molar-refractivity contribution is 0.365. The quantitative estimate of drug-likeness (QED) is 0.268. The highest BCUT2D eigenvalue weighted by Crippen LogP contribution is 2.34. The van der Waals surface area contributed by atoms with Crippen LogP contribution in [-0.2, 0) is 12.8 Å². The summed E-state index contributed by atoms with van der Waals surface area (Å²) in [6.45, 7) is 18.4. The standard InChI is InChI=1S/C25H33N.C8H10.C5H12/c1-5-21-12-15-24(16-13-21)26(18-22-9-7-6-8-10-22)25-17-23(19(2)3)14-11-20(25)4;1-2-8-6-4-3-5-7-8;1-3-5-4-2/h11-17,22H,2,5-10,18H2,1,3-4H3;3-7H,2H2,1H3;3-5H2,1-2H3.